The Labute approximate surface area is 196 Å². The first-order chi connectivity index (χ1) is 16.6. The highest BCUT2D eigenvalue weighted by molar-refractivity contribution is 6.00. The zero-order valence-electron chi connectivity index (χ0n) is 18.7. The predicted molar refractivity (Wildman–Crippen MR) is 136 cm³/mol. The molecule has 1 saturated carbocycles. The lowest BCUT2D eigenvalue weighted by molar-refractivity contribution is -0.111. The SMILES string of the molecule is C=CC(=O)Nc1cccc(-c2cnc3[nH]cc(-c4cn(CC5CC5)c(=O)c5c4C=CC5)c3c2)c1. The molecule has 2 aliphatic rings. The molecule has 0 atom stereocenters. The van der Waals surface area contributed by atoms with E-state index in [9.17, 15) is 9.59 Å². The van der Waals surface area contributed by atoms with Crippen LogP contribution < -0.4 is 10.9 Å². The van der Waals surface area contributed by atoms with Crippen molar-refractivity contribution < 1.29 is 4.79 Å². The summed E-state index contributed by atoms with van der Waals surface area (Å²) in [6.45, 7) is 4.29. The van der Waals surface area contributed by atoms with Crippen molar-refractivity contribution in [3.8, 4) is 22.3 Å². The summed E-state index contributed by atoms with van der Waals surface area (Å²) in [5, 5.41) is 3.81. The Hall–Kier alpha value is -4.19. The Kier molecular flexibility index (Phi) is 4.80. The van der Waals surface area contributed by atoms with Gasteiger partial charge in [-0.2, -0.15) is 0 Å². The molecule has 3 heterocycles. The van der Waals surface area contributed by atoms with Crippen LogP contribution in [0.5, 0.6) is 0 Å². The van der Waals surface area contributed by atoms with E-state index in [-0.39, 0.29) is 11.5 Å². The molecule has 1 aromatic carbocycles. The maximum Gasteiger partial charge on any atom is 0.254 e. The third kappa shape index (κ3) is 3.57. The number of benzene rings is 1. The van der Waals surface area contributed by atoms with Gasteiger partial charge in [-0.15, -0.1) is 0 Å². The average Bonchev–Trinajstić information content (AvgIpc) is 3.36. The highest BCUT2D eigenvalue weighted by Gasteiger charge is 2.25. The van der Waals surface area contributed by atoms with Crippen molar-refractivity contribution in [1.29, 1.82) is 0 Å². The number of pyridine rings is 2. The Morgan fingerprint density at radius 3 is 2.94 bits per heavy atom. The summed E-state index contributed by atoms with van der Waals surface area (Å²) >= 11 is 0. The number of fused-ring (bicyclic) bond motifs is 2. The minimum atomic E-state index is -0.248. The number of aromatic amines is 1. The number of anilines is 1. The van der Waals surface area contributed by atoms with Crippen molar-refractivity contribution in [2.24, 2.45) is 5.92 Å². The second kappa shape index (κ2) is 7.99. The van der Waals surface area contributed by atoms with Crippen LogP contribution in [0.25, 0.3) is 39.4 Å². The second-order valence-electron chi connectivity index (χ2n) is 9.04. The fraction of sp³-hybridized carbons (Fsp3) is 0.179. The molecule has 0 unspecified atom stereocenters. The minimum Gasteiger partial charge on any atom is -0.346 e. The van der Waals surface area contributed by atoms with E-state index in [2.05, 4.69) is 40.1 Å². The second-order valence-corrected chi connectivity index (χ2v) is 9.04. The fourth-order valence-corrected chi connectivity index (χ4v) is 4.70. The van der Waals surface area contributed by atoms with Crippen LogP contribution in [0.4, 0.5) is 5.69 Å². The minimum absolute atomic E-state index is 0.132. The summed E-state index contributed by atoms with van der Waals surface area (Å²) in [5.74, 6) is 0.366. The van der Waals surface area contributed by atoms with E-state index in [1.165, 1.54) is 18.9 Å². The lowest BCUT2D eigenvalue weighted by atomic mass is 9.98. The molecule has 6 rings (SSSR count). The molecule has 0 spiro atoms. The number of amides is 1. The number of nitrogens with one attached hydrogen (secondary N) is 2. The summed E-state index contributed by atoms with van der Waals surface area (Å²) in [6, 6.07) is 9.78. The number of hydrogen-bond donors (Lipinski definition) is 2. The van der Waals surface area contributed by atoms with Gasteiger partial charge in [-0.3, -0.25) is 9.59 Å². The van der Waals surface area contributed by atoms with E-state index in [4.69, 9.17) is 0 Å². The van der Waals surface area contributed by atoms with Gasteiger partial charge in [-0.1, -0.05) is 30.9 Å². The monoisotopic (exact) mass is 448 g/mol. The molecule has 0 radical (unpaired) electrons. The number of carbonyl (C=O) groups excluding carboxylic acids is 1. The van der Waals surface area contributed by atoms with Crippen molar-refractivity contribution in [3.05, 3.63) is 89.1 Å². The van der Waals surface area contributed by atoms with Gasteiger partial charge in [-0.25, -0.2) is 4.98 Å². The van der Waals surface area contributed by atoms with E-state index >= 15 is 0 Å². The zero-order valence-corrected chi connectivity index (χ0v) is 18.7. The molecule has 0 aliphatic heterocycles. The Morgan fingerprint density at radius 1 is 1.24 bits per heavy atom. The van der Waals surface area contributed by atoms with Gasteiger partial charge in [-0.05, 0) is 60.6 Å². The third-order valence-electron chi connectivity index (χ3n) is 6.65. The normalized spacial score (nSPS) is 14.4. The van der Waals surface area contributed by atoms with Gasteiger partial charge >= 0.3 is 0 Å². The molecule has 34 heavy (non-hydrogen) atoms. The van der Waals surface area contributed by atoms with Crippen LogP contribution in [0.15, 0.2) is 72.4 Å². The van der Waals surface area contributed by atoms with Crippen molar-refractivity contribution in [3.63, 3.8) is 0 Å². The Bertz CT molecular complexity index is 1550. The van der Waals surface area contributed by atoms with Crippen molar-refractivity contribution in [1.82, 2.24) is 14.5 Å². The molecule has 2 N–H and O–H groups in total. The van der Waals surface area contributed by atoms with Crippen molar-refractivity contribution in [2.45, 2.75) is 25.8 Å². The van der Waals surface area contributed by atoms with Gasteiger partial charge in [0.1, 0.15) is 5.65 Å². The average molecular weight is 449 g/mol. The molecule has 4 aromatic rings. The van der Waals surface area contributed by atoms with Gasteiger partial charge in [0.25, 0.3) is 5.56 Å². The smallest absolute Gasteiger partial charge is 0.254 e. The maximum atomic E-state index is 13.0. The van der Waals surface area contributed by atoms with E-state index in [0.717, 1.165) is 51.0 Å². The van der Waals surface area contributed by atoms with E-state index < -0.39 is 0 Å². The Morgan fingerprint density at radius 2 is 2.12 bits per heavy atom. The van der Waals surface area contributed by atoms with Gasteiger partial charge < -0.3 is 14.9 Å². The first kappa shape index (κ1) is 20.4. The molecule has 1 amide bonds. The van der Waals surface area contributed by atoms with E-state index in [0.29, 0.717) is 18.0 Å². The lowest BCUT2D eigenvalue weighted by Gasteiger charge is -2.13. The van der Waals surface area contributed by atoms with Crippen molar-refractivity contribution in [2.75, 3.05) is 5.32 Å². The summed E-state index contributed by atoms with van der Waals surface area (Å²) in [4.78, 5) is 32.7. The largest absolute Gasteiger partial charge is 0.346 e. The van der Waals surface area contributed by atoms with E-state index in [1.807, 2.05) is 47.4 Å². The molecule has 6 nitrogen and oxygen atoms in total. The van der Waals surface area contributed by atoms with Crippen molar-refractivity contribution >= 4 is 28.7 Å². The van der Waals surface area contributed by atoms with Gasteiger partial charge in [0.2, 0.25) is 5.91 Å². The summed E-state index contributed by atoms with van der Waals surface area (Å²) < 4.78 is 1.90. The van der Waals surface area contributed by atoms with Gasteiger partial charge in [0.05, 0.1) is 0 Å². The number of rotatable bonds is 6. The molecule has 1 fully saturated rings. The first-order valence-electron chi connectivity index (χ1n) is 11.5. The topological polar surface area (TPSA) is 79.8 Å². The molecule has 168 valence electrons. The number of hydrogen-bond acceptors (Lipinski definition) is 3. The standard InChI is InChI=1S/C28H24N4O2/c1-2-26(33)31-20-6-3-5-18(11-20)19-12-23-24(14-30-27(23)29-13-19)25-16-32(15-17-9-10-17)28(34)22-8-4-7-21(22)25/h2-7,11-14,16-17H,1,8-10,15H2,(H,29,30)(H,31,33). The molecular formula is C28H24N4O2. The molecule has 6 heteroatoms. The van der Waals surface area contributed by atoms with Gasteiger partial charge in [0, 0.05) is 58.5 Å². The number of H-pyrrole nitrogens is 1. The van der Waals surface area contributed by atoms with E-state index in [1.54, 1.807) is 0 Å². The van der Waals surface area contributed by atoms with Crippen LogP contribution in [0.3, 0.4) is 0 Å². The molecule has 3 aromatic heterocycles. The van der Waals surface area contributed by atoms with Crippen LogP contribution in [-0.2, 0) is 17.8 Å². The maximum absolute atomic E-state index is 13.0. The number of nitrogens with zero attached hydrogens (tertiary/aromatic N) is 2. The summed E-state index contributed by atoms with van der Waals surface area (Å²) in [5.41, 5.74) is 7.51. The van der Waals surface area contributed by atoms with Crippen LogP contribution in [0.2, 0.25) is 0 Å². The van der Waals surface area contributed by atoms with Crippen LogP contribution in [-0.4, -0.2) is 20.4 Å². The summed E-state index contributed by atoms with van der Waals surface area (Å²) in [6.07, 6.45) is 14.3. The number of allylic oxidation sites excluding steroid dienone is 1. The van der Waals surface area contributed by atoms with Crippen LogP contribution >= 0.6 is 0 Å². The van der Waals surface area contributed by atoms with Crippen LogP contribution in [0.1, 0.15) is 24.0 Å². The van der Waals surface area contributed by atoms with Gasteiger partial charge in [0.15, 0.2) is 0 Å². The highest BCUT2D eigenvalue weighted by Crippen LogP contribution is 2.37. The quantitative estimate of drug-likeness (QED) is 0.400. The predicted octanol–water partition coefficient (Wildman–Crippen LogP) is 5.16. The highest BCUT2D eigenvalue weighted by atomic mass is 16.1. The number of aromatic nitrogens is 3. The lowest BCUT2D eigenvalue weighted by Crippen LogP contribution is -2.24. The third-order valence-corrected chi connectivity index (χ3v) is 6.65. The molecule has 0 saturated heterocycles. The summed E-state index contributed by atoms with van der Waals surface area (Å²) in [7, 11) is 0. The van der Waals surface area contributed by atoms with Crippen LogP contribution in [0, 0.1) is 5.92 Å². The Balaban J connectivity index is 1.46. The fourth-order valence-electron chi connectivity index (χ4n) is 4.70. The first-order valence-corrected chi connectivity index (χ1v) is 11.5. The molecular weight excluding hydrogens is 424 g/mol. The zero-order chi connectivity index (χ0) is 23.2. The molecule has 2 aliphatic carbocycles. The number of carbonyl (C=O) groups is 1. The molecule has 0 bridgehead atoms.